The van der Waals surface area contributed by atoms with Gasteiger partial charge in [0.25, 0.3) is 0 Å². The molecule has 1 aromatic carbocycles. The smallest absolute Gasteiger partial charge is 0.337 e. The van der Waals surface area contributed by atoms with Gasteiger partial charge in [-0.05, 0) is 38.5 Å². The molecule has 0 saturated carbocycles. The molecule has 2 N–H and O–H groups in total. The maximum absolute atomic E-state index is 11.6. The van der Waals surface area contributed by atoms with E-state index in [-0.39, 0.29) is 12.1 Å². The molecule has 0 aliphatic heterocycles. The second kappa shape index (κ2) is 5.21. The van der Waals surface area contributed by atoms with E-state index < -0.39 is 20.6 Å². The summed E-state index contributed by atoms with van der Waals surface area (Å²) in [6, 6.07) is 4.91. The summed E-state index contributed by atoms with van der Waals surface area (Å²) in [6.07, 6.45) is 1.17. The lowest BCUT2D eigenvalue weighted by Gasteiger charge is -2.24. The second-order valence-electron chi connectivity index (χ2n) is 5.24. The lowest BCUT2D eigenvalue weighted by molar-refractivity contribution is 0.0698. The van der Waals surface area contributed by atoms with Crippen molar-refractivity contribution in [1.82, 2.24) is 0 Å². The third-order valence-electron chi connectivity index (χ3n) is 3.11. The molecule has 0 unspecified atom stereocenters. The minimum Gasteiger partial charge on any atom is -0.478 e. The van der Waals surface area contributed by atoms with Gasteiger partial charge in [0.15, 0.2) is 9.84 Å². The summed E-state index contributed by atoms with van der Waals surface area (Å²) < 4.78 is 22.2. The van der Waals surface area contributed by atoms with Crippen LogP contribution in [0.1, 0.15) is 29.8 Å². The van der Waals surface area contributed by atoms with Crippen molar-refractivity contribution < 1.29 is 18.3 Å². The van der Waals surface area contributed by atoms with Crippen LogP contribution in [0, 0.1) is 6.92 Å². The first-order valence-corrected chi connectivity index (χ1v) is 7.71. The van der Waals surface area contributed by atoms with Crippen LogP contribution in [0.15, 0.2) is 18.2 Å². The highest BCUT2D eigenvalue weighted by atomic mass is 32.2. The number of sulfone groups is 1. The van der Waals surface area contributed by atoms with E-state index in [2.05, 4.69) is 5.32 Å². The van der Waals surface area contributed by atoms with Gasteiger partial charge < -0.3 is 10.4 Å². The van der Waals surface area contributed by atoms with Crippen LogP contribution >= 0.6 is 0 Å². The highest BCUT2D eigenvalue weighted by molar-refractivity contribution is 7.92. The van der Waals surface area contributed by atoms with Crippen molar-refractivity contribution >= 4 is 21.5 Å². The molecule has 1 rings (SSSR count). The number of anilines is 1. The standard InChI is InChI=1S/C13H19NO4S/c1-9-5-6-10(12(15)16)11(7-9)14-8-13(2,3)19(4,17)18/h5-7,14H,8H2,1-4H3,(H,15,16). The van der Waals surface area contributed by atoms with E-state index in [1.807, 2.05) is 6.92 Å². The summed E-state index contributed by atoms with van der Waals surface area (Å²) in [7, 11) is -3.23. The van der Waals surface area contributed by atoms with Gasteiger partial charge in [-0.25, -0.2) is 13.2 Å². The van der Waals surface area contributed by atoms with Crippen LogP contribution in [0.25, 0.3) is 0 Å². The van der Waals surface area contributed by atoms with E-state index in [0.29, 0.717) is 5.69 Å². The van der Waals surface area contributed by atoms with E-state index in [1.54, 1.807) is 26.0 Å². The molecule has 19 heavy (non-hydrogen) atoms. The molecule has 0 amide bonds. The number of aromatic carboxylic acids is 1. The largest absolute Gasteiger partial charge is 0.478 e. The number of rotatable bonds is 5. The number of carbonyl (C=O) groups is 1. The van der Waals surface area contributed by atoms with Crippen LogP contribution in [0.3, 0.4) is 0 Å². The molecule has 0 aliphatic carbocycles. The maximum atomic E-state index is 11.6. The SMILES string of the molecule is Cc1ccc(C(=O)O)c(NCC(C)(C)S(C)(=O)=O)c1. The van der Waals surface area contributed by atoms with E-state index in [0.717, 1.165) is 5.56 Å². The van der Waals surface area contributed by atoms with Gasteiger partial charge in [-0.2, -0.15) is 0 Å². The Balaban J connectivity index is 3.01. The fraction of sp³-hybridized carbons (Fsp3) is 0.462. The minimum atomic E-state index is -3.23. The Bertz CT molecular complexity index is 591. The topological polar surface area (TPSA) is 83.5 Å². The number of carboxylic acid groups (broad SMARTS) is 1. The van der Waals surface area contributed by atoms with Gasteiger partial charge in [0, 0.05) is 18.5 Å². The molecule has 0 heterocycles. The molecule has 0 spiro atoms. The number of benzene rings is 1. The molecular weight excluding hydrogens is 266 g/mol. The van der Waals surface area contributed by atoms with Gasteiger partial charge in [-0.15, -0.1) is 0 Å². The predicted molar refractivity (Wildman–Crippen MR) is 75.6 cm³/mol. The zero-order chi connectivity index (χ0) is 14.8. The van der Waals surface area contributed by atoms with Gasteiger partial charge in [0.2, 0.25) is 0 Å². The molecule has 106 valence electrons. The molecule has 0 radical (unpaired) electrons. The molecule has 0 atom stereocenters. The first-order valence-electron chi connectivity index (χ1n) is 5.82. The van der Waals surface area contributed by atoms with Gasteiger partial charge in [-0.3, -0.25) is 0 Å². The molecule has 0 aliphatic rings. The fourth-order valence-electron chi connectivity index (χ4n) is 1.43. The number of aryl methyl sites for hydroxylation is 1. The average molecular weight is 285 g/mol. The predicted octanol–water partition coefficient (Wildman–Crippen LogP) is 1.93. The Morgan fingerprint density at radius 1 is 1.37 bits per heavy atom. The highest BCUT2D eigenvalue weighted by Gasteiger charge is 2.30. The van der Waals surface area contributed by atoms with Crippen LogP contribution in [0.2, 0.25) is 0 Å². The number of hydrogen-bond acceptors (Lipinski definition) is 4. The van der Waals surface area contributed by atoms with Gasteiger partial charge in [-0.1, -0.05) is 6.07 Å². The quantitative estimate of drug-likeness (QED) is 0.863. The molecular formula is C13H19NO4S. The van der Waals surface area contributed by atoms with E-state index in [1.165, 1.54) is 12.3 Å². The van der Waals surface area contributed by atoms with Crippen molar-refractivity contribution in [3.63, 3.8) is 0 Å². The molecule has 0 saturated heterocycles. The molecule has 0 bridgehead atoms. The monoisotopic (exact) mass is 285 g/mol. The highest BCUT2D eigenvalue weighted by Crippen LogP contribution is 2.21. The van der Waals surface area contributed by atoms with Crippen LogP contribution in [0.5, 0.6) is 0 Å². The second-order valence-corrected chi connectivity index (χ2v) is 7.89. The van der Waals surface area contributed by atoms with Crippen LogP contribution in [-0.4, -0.2) is 37.0 Å². The first-order chi connectivity index (χ1) is 8.54. The van der Waals surface area contributed by atoms with E-state index in [4.69, 9.17) is 5.11 Å². The van der Waals surface area contributed by atoms with Crippen LogP contribution in [0.4, 0.5) is 5.69 Å². The number of carboxylic acids is 1. The van der Waals surface area contributed by atoms with E-state index >= 15 is 0 Å². The minimum absolute atomic E-state index is 0.134. The lowest BCUT2D eigenvalue weighted by atomic mass is 10.1. The summed E-state index contributed by atoms with van der Waals surface area (Å²) in [5.74, 6) is -1.04. The zero-order valence-electron chi connectivity index (χ0n) is 11.5. The van der Waals surface area contributed by atoms with Gasteiger partial charge in [0.1, 0.15) is 0 Å². The third kappa shape index (κ3) is 3.70. The van der Waals surface area contributed by atoms with Crippen LogP contribution < -0.4 is 5.32 Å². The summed E-state index contributed by atoms with van der Waals surface area (Å²) in [6.45, 7) is 5.20. The van der Waals surface area contributed by atoms with Crippen molar-refractivity contribution in [2.24, 2.45) is 0 Å². The summed E-state index contributed by atoms with van der Waals surface area (Å²) >= 11 is 0. The Morgan fingerprint density at radius 2 is 1.95 bits per heavy atom. The molecule has 1 aromatic rings. The first kappa shape index (κ1) is 15.5. The Kier molecular flexibility index (Phi) is 4.25. The fourth-order valence-corrected chi connectivity index (χ4v) is 1.76. The molecule has 0 aromatic heterocycles. The van der Waals surface area contributed by atoms with Crippen molar-refractivity contribution in [2.75, 3.05) is 18.1 Å². The van der Waals surface area contributed by atoms with Crippen molar-refractivity contribution in [2.45, 2.75) is 25.5 Å². The number of hydrogen-bond donors (Lipinski definition) is 2. The Hall–Kier alpha value is -1.56. The van der Waals surface area contributed by atoms with Gasteiger partial charge in [0.05, 0.1) is 10.3 Å². The Morgan fingerprint density at radius 3 is 2.42 bits per heavy atom. The van der Waals surface area contributed by atoms with Crippen LogP contribution in [-0.2, 0) is 9.84 Å². The summed E-state index contributed by atoms with van der Waals surface area (Å²) in [5, 5.41) is 12.0. The maximum Gasteiger partial charge on any atom is 0.337 e. The number of nitrogens with one attached hydrogen (secondary N) is 1. The zero-order valence-corrected chi connectivity index (χ0v) is 12.3. The average Bonchev–Trinajstić information content (AvgIpc) is 2.24. The van der Waals surface area contributed by atoms with Crippen molar-refractivity contribution in [3.8, 4) is 0 Å². The lowest BCUT2D eigenvalue weighted by Crippen LogP contribution is -2.38. The Labute approximate surface area is 113 Å². The summed E-state index contributed by atoms with van der Waals surface area (Å²) in [5.41, 5.74) is 1.48. The normalized spacial score (nSPS) is 12.2. The van der Waals surface area contributed by atoms with Crippen molar-refractivity contribution in [1.29, 1.82) is 0 Å². The van der Waals surface area contributed by atoms with E-state index in [9.17, 15) is 13.2 Å². The summed E-state index contributed by atoms with van der Waals surface area (Å²) in [4.78, 5) is 11.1. The third-order valence-corrected chi connectivity index (χ3v) is 5.27. The molecule has 6 heteroatoms. The van der Waals surface area contributed by atoms with Crippen molar-refractivity contribution in [3.05, 3.63) is 29.3 Å². The van der Waals surface area contributed by atoms with Gasteiger partial charge >= 0.3 is 5.97 Å². The molecule has 0 fully saturated rings. The molecule has 5 nitrogen and oxygen atoms in total.